The molecule has 0 aliphatic rings. The molecule has 0 aliphatic carbocycles. The van der Waals surface area contributed by atoms with E-state index in [9.17, 15) is 19.2 Å². The van der Waals surface area contributed by atoms with Crippen molar-refractivity contribution in [3.8, 4) is 0 Å². The van der Waals surface area contributed by atoms with Crippen LogP contribution in [0.3, 0.4) is 0 Å². The minimum Gasteiger partial charge on any atom is -0.481 e. The zero-order valence-corrected chi connectivity index (χ0v) is 14.7. The molecule has 0 aliphatic heterocycles. The Hall–Kier alpha value is -2.12. The van der Waals surface area contributed by atoms with E-state index >= 15 is 0 Å². The lowest BCUT2D eigenvalue weighted by Crippen LogP contribution is -2.28. The molecule has 0 saturated heterocycles. The molecule has 0 amide bonds. The number of rotatable bonds is 10. The Morgan fingerprint density at radius 3 is 1.17 bits per heavy atom. The SMILES string of the molecule is CCC(C(=O)O)C(CC)C(=O)O.CCOC(=O)CCC(=O)OCC. The van der Waals surface area contributed by atoms with Gasteiger partial charge in [0.15, 0.2) is 0 Å². The highest BCUT2D eigenvalue weighted by molar-refractivity contribution is 5.79. The average Bonchev–Trinajstić information content (AvgIpc) is 2.51. The summed E-state index contributed by atoms with van der Waals surface area (Å²) in [6.07, 6.45) is 0.930. The number of aliphatic carboxylic acids is 2. The molecule has 0 aromatic heterocycles. The van der Waals surface area contributed by atoms with Crippen molar-refractivity contribution in [2.45, 2.75) is 53.4 Å². The first-order valence-corrected chi connectivity index (χ1v) is 8.01. The molecule has 8 nitrogen and oxygen atoms in total. The van der Waals surface area contributed by atoms with Crippen LogP contribution >= 0.6 is 0 Å². The zero-order chi connectivity index (χ0) is 19.1. The summed E-state index contributed by atoms with van der Waals surface area (Å²) >= 11 is 0. The van der Waals surface area contributed by atoms with Gasteiger partial charge in [0.05, 0.1) is 37.9 Å². The molecule has 0 aromatic carbocycles. The maximum Gasteiger partial charge on any atom is 0.307 e. The highest BCUT2D eigenvalue weighted by Crippen LogP contribution is 2.19. The predicted octanol–water partition coefficient (Wildman–Crippen LogP) is 2.10. The molecule has 0 heterocycles. The van der Waals surface area contributed by atoms with Gasteiger partial charge in [0.25, 0.3) is 0 Å². The Morgan fingerprint density at radius 2 is 1.00 bits per heavy atom. The van der Waals surface area contributed by atoms with E-state index in [0.717, 1.165) is 0 Å². The van der Waals surface area contributed by atoms with Crippen LogP contribution in [0.4, 0.5) is 0 Å². The van der Waals surface area contributed by atoms with Crippen molar-refractivity contribution in [2.75, 3.05) is 13.2 Å². The fourth-order valence-electron chi connectivity index (χ4n) is 1.93. The average molecular weight is 348 g/mol. The predicted molar refractivity (Wildman–Crippen MR) is 85.3 cm³/mol. The molecule has 2 atom stereocenters. The van der Waals surface area contributed by atoms with Gasteiger partial charge in [-0.25, -0.2) is 0 Å². The van der Waals surface area contributed by atoms with Crippen LogP contribution in [0.2, 0.25) is 0 Å². The van der Waals surface area contributed by atoms with Gasteiger partial charge in [-0.3, -0.25) is 19.2 Å². The molecular formula is C16H28O8. The first-order chi connectivity index (χ1) is 11.2. The summed E-state index contributed by atoms with van der Waals surface area (Å²) in [5.74, 6) is -4.27. The van der Waals surface area contributed by atoms with E-state index in [0.29, 0.717) is 26.1 Å². The first-order valence-electron chi connectivity index (χ1n) is 8.01. The maximum absolute atomic E-state index is 10.7. The molecular weight excluding hydrogens is 320 g/mol. The van der Waals surface area contributed by atoms with Gasteiger partial charge in [0.1, 0.15) is 0 Å². The summed E-state index contributed by atoms with van der Waals surface area (Å²) in [7, 11) is 0. The van der Waals surface area contributed by atoms with E-state index in [1.165, 1.54) is 0 Å². The third-order valence-corrected chi connectivity index (χ3v) is 3.14. The van der Waals surface area contributed by atoms with Crippen LogP contribution < -0.4 is 0 Å². The van der Waals surface area contributed by atoms with E-state index in [1.807, 2.05) is 0 Å². The molecule has 0 radical (unpaired) electrons. The highest BCUT2D eigenvalue weighted by atomic mass is 16.5. The Labute approximate surface area is 142 Å². The number of esters is 2. The van der Waals surface area contributed by atoms with Gasteiger partial charge in [-0.05, 0) is 26.7 Å². The summed E-state index contributed by atoms with van der Waals surface area (Å²) in [4.78, 5) is 42.6. The van der Waals surface area contributed by atoms with Crippen molar-refractivity contribution in [2.24, 2.45) is 11.8 Å². The monoisotopic (exact) mass is 348 g/mol. The van der Waals surface area contributed by atoms with Gasteiger partial charge < -0.3 is 19.7 Å². The Morgan fingerprint density at radius 1 is 0.708 bits per heavy atom. The minimum atomic E-state index is -1.02. The smallest absolute Gasteiger partial charge is 0.307 e. The van der Waals surface area contributed by atoms with E-state index in [-0.39, 0.29) is 24.8 Å². The third kappa shape index (κ3) is 11.4. The lowest BCUT2D eigenvalue weighted by atomic mass is 9.88. The number of ether oxygens (including phenoxy) is 2. The van der Waals surface area contributed by atoms with Crippen LogP contribution in [-0.4, -0.2) is 47.3 Å². The number of carbonyl (C=O) groups excluding carboxylic acids is 2. The molecule has 140 valence electrons. The summed E-state index contributed by atoms with van der Waals surface area (Å²) in [5, 5.41) is 17.3. The van der Waals surface area contributed by atoms with Gasteiger partial charge in [0.2, 0.25) is 0 Å². The second kappa shape index (κ2) is 14.5. The van der Waals surface area contributed by atoms with Crippen molar-refractivity contribution < 1.29 is 38.9 Å². The normalized spacial score (nSPS) is 12.2. The molecule has 0 saturated carbocycles. The van der Waals surface area contributed by atoms with E-state index in [1.54, 1.807) is 27.7 Å². The minimum absolute atomic E-state index is 0.104. The lowest BCUT2D eigenvalue weighted by Gasteiger charge is -2.16. The molecule has 0 aromatic rings. The van der Waals surface area contributed by atoms with Crippen molar-refractivity contribution in [3.63, 3.8) is 0 Å². The van der Waals surface area contributed by atoms with E-state index in [2.05, 4.69) is 9.47 Å². The van der Waals surface area contributed by atoms with Gasteiger partial charge in [0, 0.05) is 0 Å². The standard InChI is InChI=1S/2C8H14O4/c1-3-11-7(9)5-6-8(10)12-4-2;1-3-5(7(9)10)6(4-2)8(11)12/h3-6H2,1-2H3;5-6H,3-4H2,1-2H3,(H,9,10)(H,11,12). The summed E-state index contributed by atoms with van der Waals surface area (Å²) < 4.78 is 9.25. The molecule has 0 spiro atoms. The van der Waals surface area contributed by atoms with Crippen LogP contribution in [0, 0.1) is 11.8 Å². The molecule has 0 rings (SSSR count). The van der Waals surface area contributed by atoms with Crippen LogP contribution in [0.5, 0.6) is 0 Å². The van der Waals surface area contributed by atoms with Gasteiger partial charge in [-0.1, -0.05) is 13.8 Å². The summed E-state index contributed by atoms with van der Waals surface area (Å²) in [6.45, 7) is 7.52. The number of carbonyl (C=O) groups is 4. The van der Waals surface area contributed by atoms with Gasteiger partial charge >= 0.3 is 23.9 Å². The summed E-state index contributed by atoms with van der Waals surface area (Å²) in [5.41, 5.74) is 0. The Bertz CT molecular complexity index is 367. The molecule has 2 unspecified atom stereocenters. The quantitative estimate of drug-likeness (QED) is 0.575. The third-order valence-electron chi connectivity index (χ3n) is 3.14. The van der Waals surface area contributed by atoms with E-state index < -0.39 is 23.8 Å². The second-order valence-electron chi connectivity index (χ2n) is 4.82. The number of carboxylic acid groups (broad SMARTS) is 2. The topological polar surface area (TPSA) is 127 Å². The van der Waals surface area contributed by atoms with Crippen LogP contribution in [0.15, 0.2) is 0 Å². The number of hydrogen-bond acceptors (Lipinski definition) is 6. The van der Waals surface area contributed by atoms with Crippen molar-refractivity contribution in [1.29, 1.82) is 0 Å². The Kier molecular flexibility index (Phi) is 14.6. The lowest BCUT2D eigenvalue weighted by molar-refractivity contribution is -0.154. The molecule has 8 heteroatoms. The zero-order valence-electron chi connectivity index (χ0n) is 14.7. The van der Waals surface area contributed by atoms with Crippen molar-refractivity contribution in [3.05, 3.63) is 0 Å². The maximum atomic E-state index is 10.7. The van der Waals surface area contributed by atoms with E-state index in [4.69, 9.17) is 10.2 Å². The van der Waals surface area contributed by atoms with Crippen molar-refractivity contribution in [1.82, 2.24) is 0 Å². The molecule has 2 N–H and O–H groups in total. The summed E-state index contributed by atoms with van der Waals surface area (Å²) in [6, 6.07) is 0. The van der Waals surface area contributed by atoms with Gasteiger partial charge in [-0.15, -0.1) is 0 Å². The largest absolute Gasteiger partial charge is 0.481 e. The van der Waals surface area contributed by atoms with Gasteiger partial charge in [-0.2, -0.15) is 0 Å². The number of carboxylic acids is 2. The second-order valence-corrected chi connectivity index (χ2v) is 4.82. The fourth-order valence-corrected chi connectivity index (χ4v) is 1.93. The first kappa shape index (κ1) is 24.1. The van der Waals surface area contributed by atoms with Crippen LogP contribution in [0.25, 0.3) is 0 Å². The molecule has 0 fully saturated rings. The number of hydrogen-bond donors (Lipinski definition) is 2. The highest BCUT2D eigenvalue weighted by Gasteiger charge is 2.30. The van der Waals surface area contributed by atoms with Crippen LogP contribution in [0.1, 0.15) is 53.4 Å². The fraction of sp³-hybridized carbons (Fsp3) is 0.750. The molecule has 0 bridgehead atoms. The van der Waals surface area contributed by atoms with Crippen molar-refractivity contribution >= 4 is 23.9 Å². The van der Waals surface area contributed by atoms with Crippen LogP contribution in [-0.2, 0) is 28.7 Å². The Balaban J connectivity index is 0. The molecule has 24 heavy (non-hydrogen) atoms.